The average Bonchev–Trinajstić information content (AvgIpc) is 3.30. The van der Waals surface area contributed by atoms with E-state index in [1.165, 1.54) is 6.07 Å². The number of pyridine rings is 1. The van der Waals surface area contributed by atoms with Crippen LogP contribution in [-0.4, -0.2) is 31.8 Å². The number of hydrogen-bond donors (Lipinski definition) is 0. The van der Waals surface area contributed by atoms with Crippen LogP contribution in [0.4, 0.5) is 8.78 Å². The number of halogens is 2. The van der Waals surface area contributed by atoms with Gasteiger partial charge in [0.15, 0.2) is 5.82 Å². The molecular formula is C15H13F2N5O2. The molecule has 2 aromatic heterocycles. The summed E-state index contributed by atoms with van der Waals surface area (Å²) >= 11 is 0. The summed E-state index contributed by atoms with van der Waals surface area (Å²) in [7, 11) is 0. The molecule has 1 aliphatic rings. The number of benzene rings is 1. The highest BCUT2D eigenvalue weighted by molar-refractivity contribution is 5.80. The summed E-state index contributed by atoms with van der Waals surface area (Å²) < 4.78 is 36.3. The quantitative estimate of drug-likeness (QED) is 0.690. The first-order valence-electron chi connectivity index (χ1n) is 7.44. The maximum absolute atomic E-state index is 12.3. The fraction of sp³-hybridized carbons (Fsp3) is 0.333. The van der Waals surface area contributed by atoms with E-state index in [1.54, 1.807) is 28.9 Å². The zero-order valence-corrected chi connectivity index (χ0v) is 12.5. The van der Waals surface area contributed by atoms with Gasteiger partial charge in [0.25, 0.3) is 0 Å². The molecule has 1 saturated carbocycles. The van der Waals surface area contributed by atoms with Crippen molar-refractivity contribution in [2.75, 3.05) is 0 Å². The molecule has 24 heavy (non-hydrogen) atoms. The van der Waals surface area contributed by atoms with Crippen molar-refractivity contribution < 1.29 is 18.3 Å². The van der Waals surface area contributed by atoms with Crippen molar-refractivity contribution in [3.63, 3.8) is 0 Å². The van der Waals surface area contributed by atoms with Gasteiger partial charge in [0.1, 0.15) is 12.4 Å². The Morgan fingerprint density at radius 2 is 2.04 bits per heavy atom. The topological polar surface area (TPSA) is 75.0 Å². The standard InChI is InChI=1S/C15H13F2N5O2/c16-15(17)24-14-6-2-9-1-5-11(7-12(9)18-14)23-8-13-19-20-21-22(13)10-3-4-10/h1-2,5-7,10,15H,3-4,8H2. The fourth-order valence-electron chi connectivity index (χ4n) is 2.38. The number of rotatable bonds is 6. The maximum atomic E-state index is 12.3. The van der Waals surface area contributed by atoms with Gasteiger partial charge in [-0.25, -0.2) is 9.67 Å². The molecule has 0 atom stereocenters. The Kier molecular flexibility index (Phi) is 3.68. The predicted molar refractivity (Wildman–Crippen MR) is 78.8 cm³/mol. The number of tetrazole rings is 1. The Morgan fingerprint density at radius 1 is 1.21 bits per heavy atom. The normalized spacial score (nSPS) is 14.3. The van der Waals surface area contributed by atoms with Gasteiger partial charge in [0.05, 0.1) is 11.6 Å². The van der Waals surface area contributed by atoms with Crippen molar-refractivity contribution in [2.24, 2.45) is 0 Å². The van der Waals surface area contributed by atoms with Crippen LogP contribution in [0.5, 0.6) is 11.6 Å². The van der Waals surface area contributed by atoms with Crippen molar-refractivity contribution in [1.29, 1.82) is 0 Å². The zero-order valence-electron chi connectivity index (χ0n) is 12.5. The van der Waals surface area contributed by atoms with Crippen molar-refractivity contribution in [3.05, 3.63) is 36.2 Å². The summed E-state index contributed by atoms with van der Waals surface area (Å²) in [5.74, 6) is 1.07. The third kappa shape index (κ3) is 3.10. The highest BCUT2D eigenvalue weighted by Crippen LogP contribution is 2.34. The minimum absolute atomic E-state index is 0.132. The molecule has 0 aliphatic heterocycles. The molecule has 0 spiro atoms. The van der Waals surface area contributed by atoms with Gasteiger partial charge in [-0.3, -0.25) is 0 Å². The third-order valence-electron chi connectivity index (χ3n) is 3.67. The summed E-state index contributed by atoms with van der Waals surface area (Å²) in [6.45, 7) is -2.68. The minimum Gasteiger partial charge on any atom is -0.485 e. The number of ether oxygens (including phenoxy) is 2. The lowest BCUT2D eigenvalue weighted by molar-refractivity contribution is -0.0526. The molecule has 1 fully saturated rings. The number of hydrogen-bond acceptors (Lipinski definition) is 6. The van der Waals surface area contributed by atoms with Gasteiger partial charge in [-0.05, 0) is 41.5 Å². The van der Waals surface area contributed by atoms with Crippen LogP contribution in [0.2, 0.25) is 0 Å². The molecule has 0 bridgehead atoms. The first-order valence-corrected chi connectivity index (χ1v) is 7.44. The summed E-state index contributed by atoms with van der Waals surface area (Å²) in [4.78, 5) is 4.05. The lowest BCUT2D eigenvalue weighted by Gasteiger charge is -2.08. The van der Waals surface area contributed by atoms with E-state index in [1.807, 2.05) is 0 Å². The molecule has 4 rings (SSSR count). The van der Waals surface area contributed by atoms with E-state index < -0.39 is 6.61 Å². The number of aromatic nitrogens is 5. The molecule has 1 aliphatic carbocycles. The lowest BCUT2D eigenvalue weighted by Crippen LogP contribution is -2.07. The summed E-state index contributed by atoms with van der Waals surface area (Å²) in [5, 5.41) is 12.4. The van der Waals surface area contributed by atoms with Crippen molar-refractivity contribution in [2.45, 2.75) is 32.1 Å². The average molecular weight is 333 g/mol. The first kappa shape index (κ1) is 14.7. The Morgan fingerprint density at radius 3 is 2.83 bits per heavy atom. The minimum atomic E-state index is -2.91. The molecule has 1 aromatic carbocycles. The largest absolute Gasteiger partial charge is 0.485 e. The van der Waals surface area contributed by atoms with E-state index in [9.17, 15) is 8.78 Å². The van der Waals surface area contributed by atoms with Gasteiger partial charge in [-0.15, -0.1) is 5.10 Å². The van der Waals surface area contributed by atoms with E-state index in [0.29, 0.717) is 23.1 Å². The van der Waals surface area contributed by atoms with Crippen LogP contribution in [0.25, 0.3) is 10.9 Å². The van der Waals surface area contributed by atoms with E-state index in [-0.39, 0.29) is 12.5 Å². The van der Waals surface area contributed by atoms with Gasteiger partial charge < -0.3 is 9.47 Å². The molecule has 9 heteroatoms. The molecule has 0 N–H and O–H groups in total. The Hall–Kier alpha value is -2.84. The van der Waals surface area contributed by atoms with Crippen LogP contribution in [0.3, 0.4) is 0 Å². The highest BCUT2D eigenvalue weighted by Gasteiger charge is 2.27. The lowest BCUT2D eigenvalue weighted by atomic mass is 10.2. The summed E-state index contributed by atoms with van der Waals surface area (Å²) in [5.41, 5.74) is 0.507. The maximum Gasteiger partial charge on any atom is 0.388 e. The highest BCUT2D eigenvalue weighted by atomic mass is 19.3. The monoisotopic (exact) mass is 333 g/mol. The molecule has 3 aromatic rings. The smallest absolute Gasteiger partial charge is 0.388 e. The second-order valence-electron chi connectivity index (χ2n) is 5.44. The Labute approximate surface area is 135 Å². The number of nitrogens with zero attached hydrogens (tertiary/aromatic N) is 5. The molecule has 7 nitrogen and oxygen atoms in total. The second-order valence-corrected chi connectivity index (χ2v) is 5.44. The van der Waals surface area contributed by atoms with Crippen LogP contribution in [-0.2, 0) is 6.61 Å². The number of fused-ring (bicyclic) bond motifs is 1. The van der Waals surface area contributed by atoms with E-state index in [2.05, 4.69) is 25.2 Å². The Bertz CT molecular complexity index is 866. The van der Waals surface area contributed by atoms with Gasteiger partial charge in [0.2, 0.25) is 5.88 Å². The molecule has 0 amide bonds. The van der Waals surface area contributed by atoms with Gasteiger partial charge in [-0.1, -0.05) is 0 Å². The molecule has 2 heterocycles. The van der Waals surface area contributed by atoms with Crippen molar-refractivity contribution in [3.8, 4) is 11.6 Å². The van der Waals surface area contributed by atoms with Crippen LogP contribution in [0.15, 0.2) is 30.3 Å². The molecule has 124 valence electrons. The van der Waals surface area contributed by atoms with Crippen molar-refractivity contribution >= 4 is 10.9 Å². The van der Waals surface area contributed by atoms with E-state index >= 15 is 0 Å². The van der Waals surface area contributed by atoms with E-state index in [0.717, 1.165) is 18.2 Å². The zero-order chi connectivity index (χ0) is 16.5. The summed E-state index contributed by atoms with van der Waals surface area (Å²) in [6.07, 6.45) is 2.15. The van der Waals surface area contributed by atoms with Crippen LogP contribution in [0, 0.1) is 0 Å². The van der Waals surface area contributed by atoms with Crippen LogP contribution < -0.4 is 9.47 Å². The SMILES string of the molecule is FC(F)Oc1ccc2ccc(OCc3nnnn3C3CC3)cc2n1. The van der Waals surface area contributed by atoms with E-state index in [4.69, 9.17) is 4.74 Å². The molecule has 0 saturated heterocycles. The third-order valence-corrected chi connectivity index (χ3v) is 3.67. The van der Waals surface area contributed by atoms with Gasteiger partial charge in [-0.2, -0.15) is 8.78 Å². The molecule has 0 radical (unpaired) electrons. The van der Waals surface area contributed by atoms with Gasteiger partial charge in [0, 0.05) is 17.5 Å². The van der Waals surface area contributed by atoms with Crippen molar-refractivity contribution in [1.82, 2.24) is 25.2 Å². The predicted octanol–water partition coefficient (Wildman–Crippen LogP) is 2.74. The molecule has 0 unspecified atom stereocenters. The van der Waals surface area contributed by atoms with Crippen LogP contribution >= 0.6 is 0 Å². The fourth-order valence-corrected chi connectivity index (χ4v) is 2.38. The summed E-state index contributed by atoms with van der Waals surface area (Å²) in [6, 6.07) is 8.68. The number of alkyl halides is 2. The second kappa shape index (κ2) is 5.99. The van der Waals surface area contributed by atoms with Gasteiger partial charge >= 0.3 is 6.61 Å². The van der Waals surface area contributed by atoms with Crippen LogP contribution in [0.1, 0.15) is 24.7 Å². The molecular weight excluding hydrogens is 320 g/mol. The first-order chi connectivity index (χ1) is 11.7. The Balaban J connectivity index is 1.52.